The van der Waals surface area contributed by atoms with Gasteiger partial charge in [0.05, 0.1) is 27.2 Å². The molecule has 0 aliphatic rings. The van der Waals surface area contributed by atoms with Crippen molar-refractivity contribution in [1.29, 1.82) is 0 Å². The molecule has 0 amide bonds. The van der Waals surface area contributed by atoms with Crippen LogP contribution in [-0.4, -0.2) is 36.1 Å². The monoisotopic (exact) mass is 270 g/mol. The zero-order valence-electron chi connectivity index (χ0n) is 8.23. The zero-order chi connectivity index (χ0) is 8.91. The van der Waals surface area contributed by atoms with E-state index in [0.29, 0.717) is 0 Å². The second-order valence-electron chi connectivity index (χ2n) is 4.28. The first kappa shape index (κ1) is 11.7. The molecule has 0 spiro atoms. The van der Waals surface area contributed by atoms with Gasteiger partial charge in [-0.2, -0.15) is 0 Å². The van der Waals surface area contributed by atoms with Crippen molar-refractivity contribution in [2.75, 3.05) is 31.6 Å². The molecular weight excluding hydrogens is 249 g/mol. The number of alkyl halides is 1. The van der Waals surface area contributed by atoms with Crippen molar-refractivity contribution >= 4 is 22.6 Å². The van der Waals surface area contributed by atoms with Crippen LogP contribution in [0.15, 0.2) is 0 Å². The van der Waals surface area contributed by atoms with Crippen LogP contribution in [-0.2, 0) is 0 Å². The third kappa shape index (κ3) is 7.06. The van der Waals surface area contributed by atoms with Crippen LogP contribution in [0, 0.1) is 5.92 Å². The molecule has 0 N–H and O–H groups in total. The predicted molar refractivity (Wildman–Crippen MR) is 60.2 cm³/mol. The zero-order valence-corrected chi connectivity index (χ0v) is 10.4. The highest BCUT2D eigenvalue weighted by atomic mass is 127. The molecule has 0 aromatic carbocycles. The van der Waals surface area contributed by atoms with Gasteiger partial charge in [0.25, 0.3) is 0 Å². The highest BCUT2D eigenvalue weighted by Crippen LogP contribution is 2.06. The van der Waals surface area contributed by atoms with Gasteiger partial charge in [-0.3, -0.25) is 0 Å². The van der Waals surface area contributed by atoms with Crippen molar-refractivity contribution in [3.63, 3.8) is 0 Å². The van der Waals surface area contributed by atoms with Crippen molar-refractivity contribution in [1.82, 2.24) is 0 Å². The van der Waals surface area contributed by atoms with Crippen molar-refractivity contribution in [2.45, 2.75) is 20.3 Å². The molecule has 0 rings (SSSR count). The van der Waals surface area contributed by atoms with Gasteiger partial charge in [0.2, 0.25) is 0 Å². The number of halogens is 1. The van der Waals surface area contributed by atoms with Crippen LogP contribution in [0.2, 0.25) is 0 Å². The van der Waals surface area contributed by atoms with E-state index in [2.05, 4.69) is 50.5 Å². The van der Waals surface area contributed by atoms with E-state index in [1.807, 2.05) is 0 Å². The van der Waals surface area contributed by atoms with Crippen molar-refractivity contribution in [3.05, 3.63) is 0 Å². The van der Waals surface area contributed by atoms with E-state index >= 15 is 0 Å². The minimum Gasteiger partial charge on any atom is -0.328 e. The van der Waals surface area contributed by atoms with Gasteiger partial charge < -0.3 is 4.48 Å². The molecule has 0 fully saturated rings. The maximum atomic E-state index is 2.45. The van der Waals surface area contributed by atoms with Gasteiger partial charge in [0, 0.05) is 16.8 Å². The molecule has 2 heteroatoms. The summed E-state index contributed by atoms with van der Waals surface area (Å²) in [5.41, 5.74) is 0. The molecular formula is C9H21IN+. The van der Waals surface area contributed by atoms with E-state index < -0.39 is 0 Å². The molecule has 0 atom stereocenters. The van der Waals surface area contributed by atoms with E-state index in [-0.39, 0.29) is 0 Å². The number of hydrogen-bond donors (Lipinski definition) is 0. The molecule has 0 aliphatic carbocycles. The van der Waals surface area contributed by atoms with Crippen molar-refractivity contribution in [3.8, 4) is 0 Å². The van der Waals surface area contributed by atoms with Gasteiger partial charge in [-0.15, -0.1) is 0 Å². The molecule has 0 radical (unpaired) electrons. The Bertz CT molecular complexity index is 99.7. The van der Waals surface area contributed by atoms with Crippen LogP contribution in [0.25, 0.3) is 0 Å². The molecule has 0 unspecified atom stereocenters. The summed E-state index contributed by atoms with van der Waals surface area (Å²) in [6.45, 7) is 7.21. The van der Waals surface area contributed by atoms with Crippen LogP contribution < -0.4 is 0 Å². The summed E-state index contributed by atoms with van der Waals surface area (Å²) in [4.78, 5) is 0. The topological polar surface area (TPSA) is 0 Å². The highest BCUT2D eigenvalue weighted by molar-refractivity contribution is 14.1. The Morgan fingerprint density at radius 1 is 1.27 bits per heavy atom. The average molecular weight is 270 g/mol. The summed E-state index contributed by atoms with van der Waals surface area (Å²) in [6, 6.07) is 0. The second kappa shape index (κ2) is 5.36. The van der Waals surface area contributed by atoms with Gasteiger partial charge in [0.1, 0.15) is 0 Å². The number of hydrogen-bond acceptors (Lipinski definition) is 0. The Labute approximate surface area is 84.9 Å². The SMILES string of the molecule is CC(C)C[N+](C)(C)CCCI. The van der Waals surface area contributed by atoms with Gasteiger partial charge in [-0.25, -0.2) is 0 Å². The van der Waals surface area contributed by atoms with Gasteiger partial charge in [-0.1, -0.05) is 36.4 Å². The van der Waals surface area contributed by atoms with E-state index in [0.717, 1.165) is 5.92 Å². The fraction of sp³-hybridized carbons (Fsp3) is 1.00. The Morgan fingerprint density at radius 2 is 1.82 bits per heavy atom. The van der Waals surface area contributed by atoms with Crippen molar-refractivity contribution < 1.29 is 4.48 Å². The smallest absolute Gasteiger partial charge is 0.0805 e. The minimum atomic E-state index is 0.819. The minimum absolute atomic E-state index is 0.819. The summed E-state index contributed by atoms with van der Waals surface area (Å²) < 4.78 is 2.47. The Morgan fingerprint density at radius 3 is 2.18 bits per heavy atom. The number of rotatable bonds is 5. The van der Waals surface area contributed by atoms with Crippen LogP contribution in [0.4, 0.5) is 0 Å². The molecule has 11 heavy (non-hydrogen) atoms. The van der Waals surface area contributed by atoms with Crippen LogP contribution >= 0.6 is 22.6 Å². The van der Waals surface area contributed by atoms with E-state index in [9.17, 15) is 0 Å². The lowest BCUT2D eigenvalue weighted by molar-refractivity contribution is -0.893. The second-order valence-corrected chi connectivity index (χ2v) is 5.36. The standard InChI is InChI=1S/C9H21IN/c1-9(2)8-11(3,4)7-5-6-10/h9H,5-8H2,1-4H3/q+1. The largest absolute Gasteiger partial charge is 0.328 e. The molecule has 0 heterocycles. The van der Waals surface area contributed by atoms with Gasteiger partial charge in [0.15, 0.2) is 0 Å². The molecule has 1 nitrogen and oxygen atoms in total. The van der Waals surface area contributed by atoms with E-state index in [1.165, 1.54) is 28.4 Å². The highest BCUT2D eigenvalue weighted by Gasteiger charge is 2.15. The maximum Gasteiger partial charge on any atom is 0.0805 e. The lowest BCUT2D eigenvalue weighted by atomic mass is 10.2. The summed E-state index contributed by atoms with van der Waals surface area (Å²) in [5.74, 6) is 0.819. The quantitative estimate of drug-likeness (QED) is 0.409. The first-order chi connectivity index (χ1) is 4.98. The summed E-state index contributed by atoms with van der Waals surface area (Å²) in [6.07, 6.45) is 1.35. The third-order valence-corrected chi connectivity index (χ3v) is 2.52. The van der Waals surface area contributed by atoms with E-state index in [4.69, 9.17) is 0 Å². The lowest BCUT2D eigenvalue weighted by Gasteiger charge is -2.31. The van der Waals surface area contributed by atoms with Crippen LogP contribution in [0.1, 0.15) is 20.3 Å². The molecule has 0 saturated carbocycles. The molecule has 68 valence electrons. The molecule has 0 aliphatic heterocycles. The first-order valence-electron chi connectivity index (χ1n) is 4.36. The fourth-order valence-corrected chi connectivity index (χ4v) is 1.91. The molecule has 0 aromatic heterocycles. The normalized spacial score (nSPS) is 12.5. The molecule has 0 aromatic rings. The Hall–Kier alpha value is 0.690. The molecule has 0 bridgehead atoms. The lowest BCUT2D eigenvalue weighted by Crippen LogP contribution is -2.43. The third-order valence-electron chi connectivity index (χ3n) is 1.76. The molecule has 0 saturated heterocycles. The van der Waals surface area contributed by atoms with Crippen LogP contribution in [0.5, 0.6) is 0 Å². The van der Waals surface area contributed by atoms with Crippen molar-refractivity contribution in [2.24, 2.45) is 5.92 Å². The fourth-order valence-electron chi connectivity index (χ4n) is 1.57. The van der Waals surface area contributed by atoms with Gasteiger partial charge in [-0.05, 0) is 0 Å². The number of nitrogens with zero attached hydrogens (tertiary/aromatic N) is 1. The summed E-state index contributed by atoms with van der Waals surface area (Å²) in [7, 11) is 4.65. The maximum absolute atomic E-state index is 2.45. The van der Waals surface area contributed by atoms with Gasteiger partial charge >= 0.3 is 0 Å². The predicted octanol–water partition coefficient (Wildman–Crippen LogP) is 2.54. The van der Waals surface area contributed by atoms with Crippen LogP contribution in [0.3, 0.4) is 0 Å². The summed E-state index contributed by atoms with van der Waals surface area (Å²) >= 11 is 2.45. The Kier molecular flexibility index (Phi) is 5.69. The number of quaternary nitrogens is 1. The summed E-state index contributed by atoms with van der Waals surface area (Å²) in [5, 5.41) is 0. The average Bonchev–Trinajstić information content (AvgIpc) is 1.81. The first-order valence-corrected chi connectivity index (χ1v) is 5.88. The Balaban J connectivity index is 3.61. The van der Waals surface area contributed by atoms with E-state index in [1.54, 1.807) is 0 Å².